The van der Waals surface area contributed by atoms with Crippen molar-refractivity contribution in [1.82, 2.24) is 9.13 Å². The zero-order valence-corrected chi connectivity index (χ0v) is 16.1. The fraction of sp³-hybridized carbons (Fsp3) is 0.182. The molecule has 7 heteroatoms. The molecule has 4 rings (SSSR count). The molecule has 4 aromatic rings. The van der Waals surface area contributed by atoms with Crippen LogP contribution in [0.3, 0.4) is 0 Å². The molecule has 0 amide bonds. The number of fused-ring (bicyclic) bond motifs is 2. The van der Waals surface area contributed by atoms with Crippen molar-refractivity contribution in [3.05, 3.63) is 70.5 Å². The van der Waals surface area contributed by atoms with Crippen LogP contribution in [0.15, 0.2) is 53.7 Å². The van der Waals surface area contributed by atoms with Crippen LogP contribution >= 0.6 is 0 Å². The Morgan fingerprint density at radius 2 is 1.86 bits per heavy atom. The summed E-state index contributed by atoms with van der Waals surface area (Å²) in [5, 5.41) is 14.5. The molecule has 2 aromatic heterocycles. The number of aryl methyl sites for hydroxylation is 1. The van der Waals surface area contributed by atoms with E-state index in [0.717, 1.165) is 29.1 Å². The van der Waals surface area contributed by atoms with Gasteiger partial charge in [0.2, 0.25) is 5.43 Å². The molecular formula is C22H20FN3O3. The summed E-state index contributed by atoms with van der Waals surface area (Å²) in [6.07, 6.45) is 4.97. The average Bonchev–Trinajstić information content (AvgIpc) is 3.11. The fourth-order valence-electron chi connectivity index (χ4n) is 3.61. The number of carbonyl (C=O) groups is 1. The molecule has 0 aliphatic rings. The Morgan fingerprint density at radius 1 is 1.10 bits per heavy atom. The van der Waals surface area contributed by atoms with Crippen molar-refractivity contribution in [2.75, 3.05) is 11.9 Å². The lowest BCUT2D eigenvalue weighted by Gasteiger charge is -2.13. The van der Waals surface area contributed by atoms with Crippen LogP contribution in [0.5, 0.6) is 0 Å². The maximum absolute atomic E-state index is 15.0. The van der Waals surface area contributed by atoms with Gasteiger partial charge in [0.25, 0.3) is 0 Å². The Morgan fingerprint density at radius 3 is 2.55 bits per heavy atom. The van der Waals surface area contributed by atoms with E-state index < -0.39 is 17.2 Å². The minimum atomic E-state index is -1.32. The van der Waals surface area contributed by atoms with Crippen LogP contribution in [0.4, 0.5) is 10.1 Å². The van der Waals surface area contributed by atoms with E-state index in [1.54, 1.807) is 15.2 Å². The van der Waals surface area contributed by atoms with Crippen LogP contribution in [0.25, 0.3) is 27.4 Å². The first-order valence-corrected chi connectivity index (χ1v) is 9.39. The van der Waals surface area contributed by atoms with Gasteiger partial charge in [0.05, 0.1) is 11.2 Å². The zero-order chi connectivity index (χ0) is 20.7. The number of aromatic carboxylic acids is 1. The topological polar surface area (TPSA) is 76.3 Å². The van der Waals surface area contributed by atoms with Crippen molar-refractivity contribution in [1.29, 1.82) is 0 Å². The zero-order valence-electron chi connectivity index (χ0n) is 16.1. The van der Waals surface area contributed by atoms with Gasteiger partial charge in [0.1, 0.15) is 11.4 Å². The van der Waals surface area contributed by atoms with Gasteiger partial charge < -0.3 is 19.6 Å². The Balaban J connectivity index is 1.94. The summed E-state index contributed by atoms with van der Waals surface area (Å²) in [5.74, 6) is -1.91. The summed E-state index contributed by atoms with van der Waals surface area (Å²) in [6.45, 7) is 5.11. The molecule has 2 N–H and O–H groups in total. The van der Waals surface area contributed by atoms with Gasteiger partial charge in [-0.15, -0.1) is 0 Å². The smallest absolute Gasteiger partial charge is 0.341 e. The number of benzene rings is 2. The lowest BCUT2D eigenvalue weighted by Crippen LogP contribution is -2.19. The Kier molecular flexibility index (Phi) is 4.58. The van der Waals surface area contributed by atoms with Crippen LogP contribution in [0.2, 0.25) is 0 Å². The number of rotatable bonds is 5. The van der Waals surface area contributed by atoms with E-state index in [0.29, 0.717) is 17.7 Å². The standard InChI is InChI=1S/C22H20FN3O3/c1-3-24-15-6-5-13-10-26(11-14(13)7-15)20-9-19-16(8-18(20)23)21(27)17(22(28)29)12-25(19)4-2/h5-12,24H,3-4H2,1-2H3,(H,28,29). The van der Waals surface area contributed by atoms with Crippen LogP contribution < -0.4 is 10.7 Å². The van der Waals surface area contributed by atoms with Gasteiger partial charge >= 0.3 is 5.97 Å². The van der Waals surface area contributed by atoms with Crippen molar-refractivity contribution in [3.63, 3.8) is 0 Å². The first kappa shape index (κ1) is 18.7. The van der Waals surface area contributed by atoms with E-state index in [9.17, 15) is 19.1 Å². The summed E-state index contributed by atoms with van der Waals surface area (Å²) in [6, 6.07) is 8.64. The molecule has 0 aliphatic carbocycles. The highest BCUT2D eigenvalue weighted by molar-refractivity contribution is 5.93. The number of carboxylic acids is 1. The van der Waals surface area contributed by atoms with E-state index in [-0.39, 0.29) is 10.9 Å². The SMILES string of the molecule is CCNc1ccc2cn(-c3cc4c(cc3F)c(=O)c(C(=O)O)cn4CC)cc2c1. The molecular weight excluding hydrogens is 373 g/mol. The number of anilines is 1. The molecule has 0 saturated heterocycles. The van der Waals surface area contributed by atoms with Gasteiger partial charge in [0.15, 0.2) is 0 Å². The highest BCUT2D eigenvalue weighted by atomic mass is 19.1. The molecule has 0 unspecified atom stereocenters. The normalized spacial score (nSPS) is 11.3. The van der Waals surface area contributed by atoms with Crippen molar-refractivity contribution < 1.29 is 14.3 Å². The molecule has 0 radical (unpaired) electrons. The number of nitrogens with zero attached hydrogens (tertiary/aromatic N) is 2. The van der Waals surface area contributed by atoms with E-state index in [1.807, 2.05) is 44.4 Å². The van der Waals surface area contributed by atoms with Gasteiger partial charge in [-0.1, -0.05) is 6.07 Å². The molecule has 0 saturated carbocycles. The van der Waals surface area contributed by atoms with E-state index in [2.05, 4.69) is 5.32 Å². The van der Waals surface area contributed by atoms with Crippen molar-refractivity contribution >= 4 is 33.3 Å². The van der Waals surface area contributed by atoms with Gasteiger partial charge in [-0.3, -0.25) is 4.79 Å². The number of aromatic nitrogens is 2. The van der Waals surface area contributed by atoms with E-state index in [4.69, 9.17) is 0 Å². The lowest BCUT2D eigenvalue weighted by atomic mass is 10.1. The molecule has 0 atom stereocenters. The van der Waals surface area contributed by atoms with Gasteiger partial charge in [0, 0.05) is 48.1 Å². The molecule has 0 aliphatic heterocycles. The predicted octanol–water partition coefficient (Wildman–Crippen LogP) is 4.23. The summed E-state index contributed by atoms with van der Waals surface area (Å²) in [5.41, 5.74) is 0.718. The van der Waals surface area contributed by atoms with Crippen LogP contribution in [0, 0.1) is 5.82 Å². The third kappa shape index (κ3) is 3.14. The van der Waals surface area contributed by atoms with Crippen LogP contribution in [0.1, 0.15) is 24.2 Å². The maximum Gasteiger partial charge on any atom is 0.341 e. The third-order valence-electron chi connectivity index (χ3n) is 5.02. The molecule has 2 heterocycles. The summed E-state index contributed by atoms with van der Waals surface area (Å²) < 4.78 is 18.3. The predicted molar refractivity (Wildman–Crippen MR) is 112 cm³/mol. The second-order valence-corrected chi connectivity index (χ2v) is 6.82. The number of nitrogens with one attached hydrogen (secondary N) is 1. The highest BCUT2D eigenvalue weighted by Crippen LogP contribution is 2.26. The van der Waals surface area contributed by atoms with Gasteiger partial charge in [-0.05, 0) is 43.5 Å². The van der Waals surface area contributed by atoms with Crippen molar-refractivity contribution in [2.45, 2.75) is 20.4 Å². The molecule has 0 fully saturated rings. The van der Waals surface area contributed by atoms with Crippen LogP contribution in [-0.4, -0.2) is 26.8 Å². The number of hydrogen-bond acceptors (Lipinski definition) is 3. The van der Waals surface area contributed by atoms with Crippen LogP contribution in [-0.2, 0) is 6.54 Å². The first-order chi connectivity index (χ1) is 13.9. The van der Waals surface area contributed by atoms with E-state index >= 15 is 0 Å². The molecule has 0 bridgehead atoms. The molecule has 148 valence electrons. The number of carboxylic acid groups (broad SMARTS) is 1. The Bertz CT molecular complexity index is 1320. The minimum absolute atomic E-state index is 0.0548. The van der Waals surface area contributed by atoms with Crippen molar-refractivity contribution in [2.24, 2.45) is 0 Å². The number of halogens is 1. The van der Waals surface area contributed by atoms with E-state index in [1.165, 1.54) is 6.20 Å². The Hall–Kier alpha value is -3.61. The lowest BCUT2D eigenvalue weighted by molar-refractivity contribution is 0.0695. The third-order valence-corrected chi connectivity index (χ3v) is 5.02. The summed E-state index contributed by atoms with van der Waals surface area (Å²) >= 11 is 0. The molecule has 0 spiro atoms. The second kappa shape index (κ2) is 7.09. The molecule has 2 aromatic carbocycles. The Labute approximate surface area is 165 Å². The minimum Gasteiger partial charge on any atom is -0.477 e. The first-order valence-electron chi connectivity index (χ1n) is 9.39. The average molecular weight is 393 g/mol. The number of pyridine rings is 1. The number of hydrogen-bond donors (Lipinski definition) is 2. The molecule has 6 nitrogen and oxygen atoms in total. The molecule has 29 heavy (non-hydrogen) atoms. The maximum atomic E-state index is 15.0. The highest BCUT2D eigenvalue weighted by Gasteiger charge is 2.17. The van der Waals surface area contributed by atoms with Gasteiger partial charge in [-0.25, -0.2) is 9.18 Å². The quantitative estimate of drug-likeness (QED) is 0.532. The van der Waals surface area contributed by atoms with Crippen molar-refractivity contribution in [3.8, 4) is 5.69 Å². The summed E-state index contributed by atoms with van der Waals surface area (Å²) in [7, 11) is 0. The largest absolute Gasteiger partial charge is 0.477 e. The fourth-order valence-corrected chi connectivity index (χ4v) is 3.61. The second-order valence-electron chi connectivity index (χ2n) is 6.82. The monoisotopic (exact) mass is 393 g/mol. The van der Waals surface area contributed by atoms with Gasteiger partial charge in [-0.2, -0.15) is 0 Å². The summed E-state index contributed by atoms with van der Waals surface area (Å²) in [4.78, 5) is 23.9.